The minimum absolute atomic E-state index is 0.598. The molecule has 0 unspecified atom stereocenters. The van der Waals surface area contributed by atoms with E-state index in [-0.39, 0.29) is 0 Å². The monoisotopic (exact) mass is 330 g/mol. The molecule has 1 aromatic heterocycles. The van der Waals surface area contributed by atoms with E-state index in [1.807, 2.05) is 36.6 Å². The molecule has 0 aliphatic heterocycles. The summed E-state index contributed by atoms with van der Waals surface area (Å²) >= 11 is 1.51. The van der Waals surface area contributed by atoms with Crippen molar-refractivity contribution in [1.82, 2.24) is 4.98 Å². The number of benzene rings is 2. The molecule has 3 rings (SSSR count). The van der Waals surface area contributed by atoms with E-state index in [1.54, 1.807) is 0 Å². The molecule has 2 aromatic carbocycles. The predicted octanol–water partition coefficient (Wildman–Crippen LogP) is 5.80. The van der Waals surface area contributed by atoms with E-state index in [1.165, 1.54) is 28.0 Å². The van der Waals surface area contributed by atoms with Crippen LogP contribution >= 0.6 is 11.3 Å². The first-order valence-electron chi connectivity index (χ1n) is 7.79. The van der Waals surface area contributed by atoms with Crippen LogP contribution in [0.25, 0.3) is 22.9 Å². The second-order valence-electron chi connectivity index (χ2n) is 5.92. The van der Waals surface area contributed by atoms with Crippen molar-refractivity contribution in [2.45, 2.75) is 20.8 Å². The molecule has 0 radical (unpaired) electrons. The summed E-state index contributed by atoms with van der Waals surface area (Å²) in [6.45, 7) is 6.25. The van der Waals surface area contributed by atoms with Gasteiger partial charge in [-0.15, -0.1) is 11.3 Å². The van der Waals surface area contributed by atoms with Gasteiger partial charge in [0.1, 0.15) is 11.1 Å². The summed E-state index contributed by atoms with van der Waals surface area (Å²) in [5.41, 5.74) is 7.33. The Bertz CT molecular complexity index is 958. The SMILES string of the molecule is Cc1cccc(/C=C(/C#N)c2nc(-c3ccc(C)c(C)c3)cs2)c1. The summed E-state index contributed by atoms with van der Waals surface area (Å²) in [6, 6.07) is 16.7. The van der Waals surface area contributed by atoms with Crippen molar-refractivity contribution >= 4 is 23.0 Å². The van der Waals surface area contributed by atoms with Gasteiger partial charge in [0, 0.05) is 10.9 Å². The quantitative estimate of drug-likeness (QED) is 0.569. The van der Waals surface area contributed by atoms with Gasteiger partial charge in [-0.05, 0) is 49.6 Å². The Morgan fingerprint density at radius 1 is 1.08 bits per heavy atom. The van der Waals surface area contributed by atoms with E-state index in [0.29, 0.717) is 5.57 Å². The second-order valence-corrected chi connectivity index (χ2v) is 6.78. The van der Waals surface area contributed by atoms with Crippen molar-refractivity contribution in [2.24, 2.45) is 0 Å². The molecule has 1 heterocycles. The third kappa shape index (κ3) is 3.45. The molecule has 0 saturated heterocycles. The maximum atomic E-state index is 9.52. The van der Waals surface area contributed by atoms with E-state index >= 15 is 0 Å². The van der Waals surface area contributed by atoms with Gasteiger partial charge in [-0.25, -0.2) is 4.98 Å². The minimum atomic E-state index is 0.598. The summed E-state index contributed by atoms with van der Waals surface area (Å²) in [6.07, 6.45) is 1.90. The molecule has 2 nitrogen and oxygen atoms in total. The molecule has 0 saturated carbocycles. The lowest BCUT2D eigenvalue weighted by Gasteiger charge is -2.02. The lowest BCUT2D eigenvalue weighted by Crippen LogP contribution is -1.85. The molecule has 0 spiro atoms. The number of rotatable bonds is 3. The zero-order chi connectivity index (χ0) is 17.1. The molecule has 0 amide bonds. The molecular formula is C21H18N2S. The number of nitrogens with zero attached hydrogens (tertiary/aromatic N) is 2. The lowest BCUT2D eigenvalue weighted by molar-refractivity contribution is 1.32. The van der Waals surface area contributed by atoms with Gasteiger partial charge in [-0.1, -0.05) is 42.0 Å². The van der Waals surface area contributed by atoms with Gasteiger partial charge < -0.3 is 0 Å². The highest BCUT2D eigenvalue weighted by Gasteiger charge is 2.09. The second kappa shape index (κ2) is 6.82. The Morgan fingerprint density at radius 2 is 1.92 bits per heavy atom. The number of allylic oxidation sites excluding steroid dienone is 1. The normalized spacial score (nSPS) is 11.3. The molecule has 0 fully saturated rings. The van der Waals surface area contributed by atoms with E-state index in [9.17, 15) is 5.26 Å². The summed E-state index contributed by atoms with van der Waals surface area (Å²) in [5, 5.41) is 12.3. The highest BCUT2D eigenvalue weighted by atomic mass is 32.1. The third-order valence-electron chi connectivity index (χ3n) is 4.01. The fourth-order valence-corrected chi connectivity index (χ4v) is 3.29. The van der Waals surface area contributed by atoms with Crippen LogP contribution < -0.4 is 0 Å². The Labute approximate surface area is 146 Å². The van der Waals surface area contributed by atoms with Crippen LogP contribution in [0.2, 0.25) is 0 Å². The van der Waals surface area contributed by atoms with E-state index < -0.39 is 0 Å². The van der Waals surface area contributed by atoms with Crippen LogP contribution in [0.15, 0.2) is 47.8 Å². The molecule has 24 heavy (non-hydrogen) atoms. The van der Waals surface area contributed by atoms with Gasteiger partial charge in [0.15, 0.2) is 0 Å². The fourth-order valence-electron chi connectivity index (χ4n) is 2.50. The lowest BCUT2D eigenvalue weighted by atomic mass is 10.0. The molecule has 0 aliphatic carbocycles. The molecule has 0 bridgehead atoms. The first-order valence-corrected chi connectivity index (χ1v) is 8.67. The maximum Gasteiger partial charge on any atom is 0.134 e. The van der Waals surface area contributed by atoms with Crippen molar-refractivity contribution in [3.8, 4) is 17.3 Å². The van der Waals surface area contributed by atoms with Crippen molar-refractivity contribution in [3.63, 3.8) is 0 Å². The van der Waals surface area contributed by atoms with E-state index in [4.69, 9.17) is 0 Å². The Morgan fingerprint density at radius 3 is 2.62 bits per heavy atom. The number of aryl methyl sites for hydroxylation is 3. The van der Waals surface area contributed by atoms with Crippen LogP contribution in [-0.2, 0) is 0 Å². The summed E-state index contributed by atoms with van der Waals surface area (Å²) in [5.74, 6) is 0. The summed E-state index contributed by atoms with van der Waals surface area (Å²) in [7, 11) is 0. The number of hydrogen-bond donors (Lipinski definition) is 0. The largest absolute Gasteiger partial charge is 0.235 e. The molecule has 0 aliphatic rings. The predicted molar refractivity (Wildman–Crippen MR) is 102 cm³/mol. The van der Waals surface area contributed by atoms with Gasteiger partial charge in [0.05, 0.1) is 11.3 Å². The standard InChI is InChI=1S/C21H18N2S/c1-14-5-4-6-17(9-14)11-19(12-22)21-23-20(13-24-21)18-8-7-15(2)16(3)10-18/h4-11,13H,1-3H3/b19-11-. The highest BCUT2D eigenvalue weighted by molar-refractivity contribution is 7.11. The first-order chi connectivity index (χ1) is 11.6. The maximum absolute atomic E-state index is 9.52. The zero-order valence-electron chi connectivity index (χ0n) is 14.0. The van der Waals surface area contributed by atoms with E-state index in [2.05, 4.69) is 49.2 Å². The van der Waals surface area contributed by atoms with Gasteiger partial charge >= 0.3 is 0 Å². The summed E-state index contributed by atoms with van der Waals surface area (Å²) in [4.78, 5) is 4.67. The number of aromatic nitrogens is 1. The summed E-state index contributed by atoms with van der Waals surface area (Å²) < 4.78 is 0. The molecule has 3 heteroatoms. The van der Waals surface area contributed by atoms with Crippen LogP contribution in [0.1, 0.15) is 27.3 Å². The molecule has 3 aromatic rings. The molecule has 0 atom stereocenters. The minimum Gasteiger partial charge on any atom is -0.235 e. The Balaban J connectivity index is 1.96. The van der Waals surface area contributed by atoms with Crippen molar-refractivity contribution in [3.05, 3.63) is 75.1 Å². The topological polar surface area (TPSA) is 36.7 Å². The third-order valence-corrected chi connectivity index (χ3v) is 4.89. The highest BCUT2D eigenvalue weighted by Crippen LogP contribution is 2.28. The number of thiazole rings is 1. The molecule has 118 valence electrons. The van der Waals surface area contributed by atoms with Gasteiger partial charge in [-0.2, -0.15) is 5.26 Å². The number of nitriles is 1. The van der Waals surface area contributed by atoms with Crippen molar-refractivity contribution < 1.29 is 0 Å². The molecular weight excluding hydrogens is 312 g/mol. The van der Waals surface area contributed by atoms with Crippen LogP contribution in [0.4, 0.5) is 0 Å². The number of hydrogen-bond acceptors (Lipinski definition) is 3. The van der Waals surface area contributed by atoms with Crippen LogP contribution in [0.5, 0.6) is 0 Å². The van der Waals surface area contributed by atoms with Crippen LogP contribution in [-0.4, -0.2) is 4.98 Å². The smallest absolute Gasteiger partial charge is 0.134 e. The van der Waals surface area contributed by atoms with Crippen molar-refractivity contribution in [2.75, 3.05) is 0 Å². The van der Waals surface area contributed by atoms with E-state index in [0.717, 1.165) is 21.8 Å². The Hall–Kier alpha value is -2.70. The first kappa shape index (κ1) is 16.2. The van der Waals surface area contributed by atoms with Gasteiger partial charge in [-0.3, -0.25) is 0 Å². The van der Waals surface area contributed by atoms with Crippen molar-refractivity contribution in [1.29, 1.82) is 5.26 Å². The average molecular weight is 330 g/mol. The van der Waals surface area contributed by atoms with Gasteiger partial charge in [0.25, 0.3) is 0 Å². The zero-order valence-corrected chi connectivity index (χ0v) is 14.8. The molecule has 0 N–H and O–H groups in total. The van der Waals surface area contributed by atoms with Gasteiger partial charge in [0.2, 0.25) is 0 Å². The van der Waals surface area contributed by atoms with Crippen LogP contribution in [0.3, 0.4) is 0 Å². The average Bonchev–Trinajstić information content (AvgIpc) is 3.05. The Kier molecular flexibility index (Phi) is 4.59. The van der Waals surface area contributed by atoms with Crippen LogP contribution in [0, 0.1) is 32.1 Å². The fraction of sp³-hybridized carbons (Fsp3) is 0.143.